The first-order valence-corrected chi connectivity index (χ1v) is 14.9. The fourth-order valence-electron chi connectivity index (χ4n) is 5.44. The number of aliphatic hydroxyl groups excluding tert-OH is 1. The van der Waals surface area contributed by atoms with Crippen LogP contribution in [0, 0.1) is 11.8 Å². The third kappa shape index (κ3) is 9.46. The number of phenolic OH excluding ortho intramolecular Hbond substituents is 2. The second kappa shape index (κ2) is 15.9. The number of nitrogens with zero attached hydrogens (tertiary/aromatic N) is 1. The van der Waals surface area contributed by atoms with E-state index in [-0.39, 0.29) is 23.1 Å². The summed E-state index contributed by atoms with van der Waals surface area (Å²) in [5.41, 5.74) is 7.22. The standard InChI is InChI=1S/C32H48N4O8/c1-18-14-22-27(34-10-11-36-12-13-36)24(37)17-23(29(22)39)35-31(40)19(2)8-7-9-25(42-5)30(44-32(33)41)21(4)16-20(3)28(38)26(15-18)43-6/h7-9,16-18,20,25-26,28,30,34,37-39H,10-15H2,1-6H3,(H2,33,41)(H,35,40)/b9-7-,19-8+,21-16+/t18-,20+,25+,26+,28-,30+/m1/s1. The summed E-state index contributed by atoms with van der Waals surface area (Å²) in [6, 6.07) is 1.33. The van der Waals surface area contributed by atoms with E-state index in [0.29, 0.717) is 41.8 Å². The summed E-state index contributed by atoms with van der Waals surface area (Å²) in [5, 5.41) is 39.7. The van der Waals surface area contributed by atoms with E-state index >= 15 is 0 Å². The molecule has 2 bridgehead atoms. The van der Waals surface area contributed by atoms with Crippen LogP contribution in [0.5, 0.6) is 11.5 Å². The van der Waals surface area contributed by atoms with Gasteiger partial charge in [0.25, 0.3) is 5.91 Å². The summed E-state index contributed by atoms with van der Waals surface area (Å²) in [6.07, 6.45) is 3.18. The van der Waals surface area contributed by atoms with Gasteiger partial charge in [-0.05, 0) is 38.2 Å². The first-order valence-electron chi connectivity index (χ1n) is 14.9. The predicted molar refractivity (Wildman–Crippen MR) is 169 cm³/mol. The number of anilines is 2. The Balaban J connectivity index is 2.06. The van der Waals surface area contributed by atoms with Crippen LogP contribution < -0.4 is 16.4 Å². The molecule has 1 saturated heterocycles. The van der Waals surface area contributed by atoms with Crippen molar-refractivity contribution in [2.45, 2.75) is 65.0 Å². The minimum atomic E-state index is -0.983. The highest BCUT2D eigenvalue weighted by molar-refractivity contribution is 6.04. The number of nitrogens with one attached hydrogen (secondary N) is 2. The Morgan fingerprint density at radius 1 is 1.18 bits per heavy atom. The van der Waals surface area contributed by atoms with E-state index in [2.05, 4.69) is 15.5 Å². The molecular formula is C32H48N4O8. The highest BCUT2D eigenvalue weighted by Crippen LogP contribution is 2.42. The molecule has 2 amide bonds. The lowest BCUT2D eigenvalue weighted by Crippen LogP contribution is -2.37. The molecule has 2 heterocycles. The maximum atomic E-state index is 13.1. The molecule has 0 aliphatic carbocycles. The number of carbonyl (C=O) groups is 2. The molecule has 1 aromatic rings. The molecule has 2 aliphatic rings. The Morgan fingerprint density at radius 3 is 2.50 bits per heavy atom. The number of primary amides is 1. The molecule has 6 atom stereocenters. The van der Waals surface area contributed by atoms with Gasteiger partial charge in [0.15, 0.2) is 6.10 Å². The Labute approximate surface area is 259 Å². The molecule has 1 aromatic carbocycles. The van der Waals surface area contributed by atoms with Crippen molar-refractivity contribution in [2.24, 2.45) is 17.6 Å². The number of allylic oxidation sites excluding steroid dienone is 2. The van der Waals surface area contributed by atoms with Crippen molar-refractivity contribution in [3.8, 4) is 11.5 Å². The van der Waals surface area contributed by atoms with E-state index in [4.69, 9.17) is 19.9 Å². The van der Waals surface area contributed by atoms with Gasteiger partial charge in [0.2, 0.25) is 0 Å². The monoisotopic (exact) mass is 616 g/mol. The molecular weight excluding hydrogens is 568 g/mol. The van der Waals surface area contributed by atoms with E-state index in [1.807, 2.05) is 13.8 Å². The minimum absolute atomic E-state index is 0.0716. The average Bonchev–Trinajstić information content (AvgIpc) is 3.80. The Hall–Kier alpha value is -3.58. The van der Waals surface area contributed by atoms with E-state index in [1.54, 1.807) is 38.2 Å². The van der Waals surface area contributed by atoms with Crippen LogP contribution in [0.1, 0.15) is 39.7 Å². The van der Waals surface area contributed by atoms with E-state index in [0.717, 1.165) is 19.6 Å². The highest BCUT2D eigenvalue weighted by atomic mass is 16.6. The molecule has 3 rings (SSSR count). The van der Waals surface area contributed by atoms with Crippen molar-refractivity contribution < 1.29 is 39.1 Å². The van der Waals surface area contributed by atoms with Gasteiger partial charge in [0, 0.05) is 63.5 Å². The van der Waals surface area contributed by atoms with Gasteiger partial charge in [0.05, 0.1) is 23.6 Å². The van der Waals surface area contributed by atoms with E-state index < -0.39 is 42.3 Å². The number of amides is 2. The Kier molecular flexibility index (Phi) is 12.6. The van der Waals surface area contributed by atoms with Crippen LogP contribution in [0.4, 0.5) is 16.2 Å². The van der Waals surface area contributed by atoms with Crippen LogP contribution in [0.3, 0.4) is 0 Å². The van der Waals surface area contributed by atoms with Gasteiger partial charge in [-0.15, -0.1) is 0 Å². The van der Waals surface area contributed by atoms with Crippen molar-refractivity contribution in [2.75, 3.05) is 51.0 Å². The zero-order valence-corrected chi connectivity index (χ0v) is 26.5. The molecule has 1 fully saturated rings. The van der Waals surface area contributed by atoms with Gasteiger partial charge < -0.3 is 45.9 Å². The maximum absolute atomic E-state index is 13.1. The summed E-state index contributed by atoms with van der Waals surface area (Å²) >= 11 is 0. The van der Waals surface area contributed by atoms with Crippen molar-refractivity contribution in [1.82, 2.24) is 4.90 Å². The largest absolute Gasteiger partial charge is 0.506 e. The van der Waals surface area contributed by atoms with Gasteiger partial charge >= 0.3 is 6.09 Å². The van der Waals surface area contributed by atoms with E-state index in [1.165, 1.54) is 20.3 Å². The fourth-order valence-corrected chi connectivity index (χ4v) is 5.44. The number of aliphatic hydroxyl groups is 1. The fraction of sp³-hybridized carbons (Fsp3) is 0.562. The van der Waals surface area contributed by atoms with Gasteiger partial charge in [0.1, 0.15) is 17.6 Å². The number of nitrogens with two attached hydrogens (primary N) is 1. The van der Waals surface area contributed by atoms with Crippen molar-refractivity contribution >= 4 is 23.4 Å². The number of hydrogen-bond acceptors (Lipinski definition) is 10. The molecule has 244 valence electrons. The second-order valence-electron chi connectivity index (χ2n) is 11.7. The van der Waals surface area contributed by atoms with Crippen molar-refractivity contribution in [1.29, 1.82) is 0 Å². The second-order valence-corrected chi connectivity index (χ2v) is 11.7. The van der Waals surface area contributed by atoms with Crippen LogP contribution in [0.25, 0.3) is 0 Å². The van der Waals surface area contributed by atoms with Gasteiger partial charge in [-0.1, -0.05) is 38.2 Å². The van der Waals surface area contributed by atoms with Gasteiger partial charge in [-0.2, -0.15) is 0 Å². The molecule has 2 aliphatic heterocycles. The number of benzene rings is 1. The Morgan fingerprint density at radius 2 is 1.89 bits per heavy atom. The summed E-state index contributed by atoms with van der Waals surface area (Å²) < 4.78 is 16.7. The zero-order chi connectivity index (χ0) is 32.6. The molecule has 12 nitrogen and oxygen atoms in total. The lowest BCUT2D eigenvalue weighted by atomic mass is 9.87. The number of rotatable bonds is 7. The summed E-state index contributed by atoms with van der Waals surface area (Å²) in [7, 11) is 2.98. The minimum Gasteiger partial charge on any atom is -0.506 e. The van der Waals surface area contributed by atoms with Crippen LogP contribution in [-0.4, -0.2) is 97.0 Å². The van der Waals surface area contributed by atoms with Crippen LogP contribution >= 0.6 is 0 Å². The quantitative estimate of drug-likeness (QED) is 0.115. The lowest BCUT2D eigenvalue weighted by Gasteiger charge is -2.29. The van der Waals surface area contributed by atoms with Crippen molar-refractivity contribution in [3.63, 3.8) is 0 Å². The third-order valence-electron chi connectivity index (χ3n) is 8.10. The van der Waals surface area contributed by atoms with Crippen LogP contribution in [0.15, 0.2) is 41.5 Å². The SMILES string of the molecule is CO[C@H]1/C=C\C=C(/C)C(=O)Nc2cc(O)c(NCCN3CC3)c(c2O)C[C@@H](C)C[C@H](OC)[C@H](O)[C@@H](C)/C=C(\C)[C@@H]1OC(N)=O. The Bertz CT molecular complexity index is 1260. The molecule has 0 radical (unpaired) electrons. The highest BCUT2D eigenvalue weighted by Gasteiger charge is 2.30. The molecule has 0 aromatic heterocycles. The molecule has 0 spiro atoms. The number of fused-ring (bicyclic) bond motifs is 2. The first kappa shape index (κ1) is 34.9. The average molecular weight is 617 g/mol. The number of phenols is 2. The molecule has 44 heavy (non-hydrogen) atoms. The molecule has 0 unspecified atom stereocenters. The number of methoxy groups -OCH3 is 2. The molecule has 0 saturated carbocycles. The number of ether oxygens (including phenoxy) is 3. The smallest absolute Gasteiger partial charge is 0.405 e. The zero-order valence-electron chi connectivity index (χ0n) is 26.5. The number of hydrogen-bond donors (Lipinski definition) is 6. The summed E-state index contributed by atoms with van der Waals surface area (Å²) in [4.78, 5) is 27.1. The lowest BCUT2D eigenvalue weighted by molar-refractivity contribution is -0.112. The van der Waals surface area contributed by atoms with Gasteiger partial charge in [-0.3, -0.25) is 9.69 Å². The number of carbonyl (C=O) groups excluding carboxylic acids is 2. The van der Waals surface area contributed by atoms with Gasteiger partial charge in [-0.25, -0.2) is 4.79 Å². The number of aromatic hydroxyl groups is 2. The normalized spacial score (nSPS) is 30.3. The van der Waals surface area contributed by atoms with Crippen LogP contribution in [0.2, 0.25) is 0 Å². The topological polar surface area (TPSA) is 176 Å². The summed E-state index contributed by atoms with van der Waals surface area (Å²) in [5.74, 6) is -1.26. The molecule has 7 N–H and O–H groups in total. The predicted octanol–water partition coefficient (Wildman–Crippen LogP) is 3.29. The first-order chi connectivity index (χ1) is 20.9. The molecule has 12 heteroatoms. The van der Waals surface area contributed by atoms with Crippen molar-refractivity contribution in [3.05, 3.63) is 47.1 Å². The maximum Gasteiger partial charge on any atom is 0.405 e. The van der Waals surface area contributed by atoms with Crippen LogP contribution in [-0.2, 0) is 25.4 Å². The summed E-state index contributed by atoms with van der Waals surface area (Å²) in [6.45, 7) is 10.6. The third-order valence-corrected chi connectivity index (χ3v) is 8.10. The van der Waals surface area contributed by atoms with E-state index in [9.17, 15) is 24.9 Å².